The first kappa shape index (κ1) is 25.1. The van der Waals surface area contributed by atoms with Crippen molar-refractivity contribution in [2.45, 2.75) is 43.9 Å². The van der Waals surface area contributed by atoms with Crippen molar-refractivity contribution in [3.05, 3.63) is 70.7 Å². The fourth-order valence-corrected chi connectivity index (χ4v) is 5.61. The van der Waals surface area contributed by atoms with Crippen molar-refractivity contribution >= 4 is 23.0 Å². The van der Waals surface area contributed by atoms with Crippen molar-refractivity contribution in [2.75, 3.05) is 26.2 Å². The highest BCUT2D eigenvalue weighted by atomic mass is 19.1. The van der Waals surface area contributed by atoms with Crippen LogP contribution in [-0.4, -0.2) is 72.0 Å². The number of likely N-dealkylation sites (tertiary alicyclic amines) is 2. The molecule has 4 aromatic rings. The number of nitro groups is 1. The van der Waals surface area contributed by atoms with E-state index in [0.717, 1.165) is 22.7 Å². The Kier molecular flexibility index (Phi) is 6.55. The zero-order valence-electron chi connectivity index (χ0n) is 21.3. The van der Waals surface area contributed by atoms with Gasteiger partial charge in [0.25, 0.3) is 5.91 Å². The highest BCUT2D eigenvalue weighted by Crippen LogP contribution is 2.35. The van der Waals surface area contributed by atoms with E-state index in [1.807, 2.05) is 35.2 Å². The van der Waals surface area contributed by atoms with Gasteiger partial charge in [-0.2, -0.15) is 0 Å². The number of imidazole rings is 1. The molecule has 12 heteroatoms. The maximum atomic E-state index is 15.9. The molecule has 2 saturated heterocycles. The Bertz CT molecular complexity index is 1490. The number of hydrogen-bond acceptors (Lipinski definition) is 8. The molecule has 1 amide bonds. The number of carbonyl (C=O) groups is 1. The molecule has 11 nitrogen and oxygen atoms in total. The van der Waals surface area contributed by atoms with Gasteiger partial charge in [-0.05, 0) is 43.2 Å². The maximum absolute atomic E-state index is 15.9. The molecule has 0 unspecified atom stereocenters. The van der Waals surface area contributed by atoms with E-state index in [0.29, 0.717) is 51.3 Å². The fourth-order valence-electron chi connectivity index (χ4n) is 5.61. The Balaban J connectivity index is 1.10. The lowest BCUT2D eigenvalue weighted by Crippen LogP contribution is -2.53. The average Bonchev–Trinajstić information content (AvgIpc) is 3.60. The SMILES string of the molecule is O=C(N1CCC(n2c(-c3ccccn3)nc3cccnc32)CC1)C1(F)CCN(Cc2ccc([N+](=O)[O-])o2)CC1. The number of carbonyl (C=O) groups excluding carboxylic acids is 1. The molecule has 0 bridgehead atoms. The van der Waals surface area contributed by atoms with Gasteiger partial charge >= 0.3 is 5.88 Å². The molecule has 0 radical (unpaired) electrons. The van der Waals surface area contributed by atoms with Crippen LogP contribution in [0.25, 0.3) is 22.7 Å². The fraction of sp³-hybridized carbons (Fsp3) is 0.407. The highest BCUT2D eigenvalue weighted by Gasteiger charge is 2.45. The Morgan fingerprint density at radius 2 is 1.82 bits per heavy atom. The van der Waals surface area contributed by atoms with Crippen molar-refractivity contribution in [1.29, 1.82) is 0 Å². The Labute approximate surface area is 223 Å². The number of piperidine rings is 2. The van der Waals surface area contributed by atoms with Gasteiger partial charge in [0.15, 0.2) is 17.1 Å². The molecule has 0 N–H and O–H groups in total. The van der Waals surface area contributed by atoms with Crippen LogP contribution in [0.4, 0.5) is 10.3 Å². The predicted octanol–water partition coefficient (Wildman–Crippen LogP) is 4.16. The number of fused-ring (bicyclic) bond motifs is 1. The lowest BCUT2D eigenvalue weighted by atomic mass is 9.90. The van der Waals surface area contributed by atoms with Crippen LogP contribution in [0.1, 0.15) is 37.5 Å². The van der Waals surface area contributed by atoms with Crippen molar-refractivity contribution in [3.63, 3.8) is 0 Å². The summed E-state index contributed by atoms with van der Waals surface area (Å²) in [6.07, 6.45) is 4.95. The summed E-state index contributed by atoms with van der Waals surface area (Å²) < 4.78 is 23.2. The second-order valence-corrected chi connectivity index (χ2v) is 10.1. The first-order chi connectivity index (χ1) is 18.9. The third-order valence-corrected chi connectivity index (χ3v) is 7.70. The van der Waals surface area contributed by atoms with Crippen LogP contribution in [-0.2, 0) is 11.3 Å². The van der Waals surface area contributed by atoms with Crippen LogP contribution in [0.15, 0.2) is 59.3 Å². The Hall–Kier alpha value is -4.19. The molecule has 0 aliphatic carbocycles. The van der Waals surface area contributed by atoms with E-state index in [1.165, 1.54) is 6.07 Å². The third kappa shape index (κ3) is 4.87. The smallest absolute Gasteiger partial charge is 0.404 e. The standard InChI is InChI=1S/C27H28FN7O4/c28-27(10-16-32(17-11-27)18-20-6-7-23(39-20)35(37)38)26(36)33-14-8-19(9-15-33)34-24-22(5-3-13-30-24)31-25(34)21-4-1-2-12-29-21/h1-7,12-13,19H,8-11,14-18H2. The number of nitrogens with zero attached hydrogens (tertiary/aromatic N) is 7. The van der Waals surface area contributed by atoms with E-state index < -0.39 is 16.5 Å². The summed E-state index contributed by atoms with van der Waals surface area (Å²) in [7, 11) is 0. The first-order valence-corrected chi connectivity index (χ1v) is 13.1. The summed E-state index contributed by atoms with van der Waals surface area (Å²) in [5.74, 6) is 0.429. The summed E-state index contributed by atoms with van der Waals surface area (Å²) >= 11 is 0. The van der Waals surface area contributed by atoms with E-state index in [-0.39, 0.29) is 24.8 Å². The van der Waals surface area contributed by atoms with Crippen molar-refractivity contribution < 1.29 is 18.5 Å². The molecule has 2 aliphatic heterocycles. The minimum Gasteiger partial charge on any atom is -0.404 e. The van der Waals surface area contributed by atoms with E-state index in [2.05, 4.69) is 14.5 Å². The van der Waals surface area contributed by atoms with Crippen LogP contribution in [0.5, 0.6) is 0 Å². The molecule has 2 fully saturated rings. The molecule has 0 atom stereocenters. The van der Waals surface area contributed by atoms with Crippen molar-refractivity contribution in [3.8, 4) is 11.5 Å². The minimum absolute atomic E-state index is 0.0562. The second-order valence-electron chi connectivity index (χ2n) is 10.1. The normalized spacial score (nSPS) is 18.4. The van der Waals surface area contributed by atoms with Gasteiger partial charge in [0.2, 0.25) is 0 Å². The van der Waals surface area contributed by atoms with Gasteiger partial charge in [-0.1, -0.05) is 6.07 Å². The number of halogens is 1. The highest BCUT2D eigenvalue weighted by molar-refractivity contribution is 5.85. The number of furan rings is 1. The van der Waals surface area contributed by atoms with Gasteiger partial charge in [-0.3, -0.25) is 24.8 Å². The Morgan fingerprint density at radius 3 is 2.51 bits per heavy atom. The molecular weight excluding hydrogens is 505 g/mol. The van der Waals surface area contributed by atoms with E-state index in [1.54, 1.807) is 23.4 Å². The van der Waals surface area contributed by atoms with E-state index in [4.69, 9.17) is 9.40 Å². The number of amides is 1. The van der Waals surface area contributed by atoms with E-state index >= 15 is 4.39 Å². The number of pyridine rings is 2. The molecule has 6 rings (SSSR count). The molecule has 2 aliphatic rings. The Morgan fingerprint density at radius 1 is 1.05 bits per heavy atom. The van der Waals surface area contributed by atoms with Crippen LogP contribution in [0.3, 0.4) is 0 Å². The van der Waals surface area contributed by atoms with Gasteiger partial charge in [-0.15, -0.1) is 0 Å². The van der Waals surface area contributed by atoms with Gasteiger partial charge in [-0.25, -0.2) is 14.4 Å². The monoisotopic (exact) mass is 533 g/mol. The number of aromatic nitrogens is 4. The summed E-state index contributed by atoms with van der Waals surface area (Å²) in [6.45, 7) is 1.97. The molecule has 0 saturated carbocycles. The predicted molar refractivity (Wildman–Crippen MR) is 139 cm³/mol. The molecule has 0 spiro atoms. The molecule has 39 heavy (non-hydrogen) atoms. The van der Waals surface area contributed by atoms with Crippen LogP contribution in [0.2, 0.25) is 0 Å². The minimum atomic E-state index is -1.92. The first-order valence-electron chi connectivity index (χ1n) is 13.1. The zero-order chi connectivity index (χ0) is 27.0. The molecule has 202 valence electrons. The van der Waals surface area contributed by atoms with Crippen molar-refractivity contribution in [2.24, 2.45) is 0 Å². The topological polar surface area (TPSA) is 123 Å². The van der Waals surface area contributed by atoms with Gasteiger partial charge < -0.3 is 13.9 Å². The van der Waals surface area contributed by atoms with Crippen molar-refractivity contribution in [1.82, 2.24) is 29.3 Å². The quantitative estimate of drug-likeness (QED) is 0.267. The van der Waals surface area contributed by atoms with Crippen LogP contribution < -0.4 is 0 Å². The van der Waals surface area contributed by atoms with Gasteiger partial charge in [0, 0.05) is 57.5 Å². The number of hydrogen-bond donors (Lipinski definition) is 0. The van der Waals surface area contributed by atoms with Gasteiger partial charge in [0.1, 0.15) is 21.9 Å². The lowest BCUT2D eigenvalue weighted by molar-refractivity contribution is -0.402. The van der Waals surface area contributed by atoms with Gasteiger partial charge in [0.05, 0.1) is 12.6 Å². The van der Waals surface area contributed by atoms with E-state index in [9.17, 15) is 14.9 Å². The lowest BCUT2D eigenvalue weighted by Gasteiger charge is -2.40. The maximum Gasteiger partial charge on any atom is 0.433 e. The summed E-state index contributed by atoms with van der Waals surface area (Å²) in [5.41, 5.74) is 0.406. The van der Waals surface area contributed by atoms with Crippen LogP contribution >= 0.6 is 0 Å². The summed E-state index contributed by atoms with van der Waals surface area (Å²) in [4.78, 5) is 41.0. The third-order valence-electron chi connectivity index (χ3n) is 7.70. The molecular formula is C27H28FN7O4. The average molecular weight is 534 g/mol. The largest absolute Gasteiger partial charge is 0.433 e. The molecule has 0 aromatic carbocycles. The molecule has 6 heterocycles. The zero-order valence-corrected chi connectivity index (χ0v) is 21.3. The molecule has 4 aromatic heterocycles. The van der Waals surface area contributed by atoms with Crippen LogP contribution in [0, 0.1) is 10.1 Å². The second kappa shape index (κ2) is 10.2. The summed E-state index contributed by atoms with van der Waals surface area (Å²) in [6, 6.07) is 12.4. The number of rotatable bonds is 6. The number of alkyl halides is 1. The summed E-state index contributed by atoms with van der Waals surface area (Å²) in [5, 5.41) is 10.8.